The highest BCUT2D eigenvalue weighted by Gasteiger charge is 2.21. The second-order valence-electron chi connectivity index (χ2n) is 6.50. The van der Waals surface area contributed by atoms with Gasteiger partial charge in [-0.05, 0) is 43.0 Å². The second kappa shape index (κ2) is 8.52. The highest BCUT2D eigenvalue weighted by atomic mass is 16.5. The summed E-state index contributed by atoms with van der Waals surface area (Å²) >= 11 is 0. The minimum Gasteiger partial charge on any atom is -0.383 e. The molecule has 2 rings (SSSR count). The average Bonchev–Trinajstić information content (AvgIpc) is 2.68. The van der Waals surface area contributed by atoms with E-state index in [0.29, 0.717) is 12.0 Å². The van der Waals surface area contributed by atoms with Crippen molar-refractivity contribution in [2.45, 2.75) is 39.3 Å². The Morgan fingerprint density at radius 3 is 2.67 bits per heavy atom. The fraction of sp³-hybridized carbons (Fsp3) is 0.667. The van der Waals surface area contributed by atoms with Crippen molar-refractivity contribution in [1.29, 1.82) is 0 Å². The van der Waals surface area contributed by atoms with Crippen molar-refractivity contribution in [3.63, 3.8) is 0 Å². The zero-order valence-electron chi connectivity index (χ0n) is 13.8. The minimum atomic E-state index is 0.458. The third-order valence-electron chi connectivity index (χ3n) is 4.19. The summed E-state index contributed by atoms with van der Waals surface area (Å²) in [6, 6.07) is 9.33. The number of hydrogen-bond acceptors (Lipinski definition) is 3. The van der Waals surface area contributed by atoms with E-state index < -0.39 is 0 Å². The van der Waals surface area contributed by atoms with Gasteiger partial charge in [-0.1, -0.05) is 38.1 Å². The molecule has 1 N–H and O–H groups in total. The maximum Gasteiger partial charge on any atom is 0.0630 e. The number of rotatable bonds is 7. The zero-order valence-corrected chi connectivity index (χ0v) is 13.8. The summed E-state index contributed by atoms with van der Waals surface area (Å²) in [5, 5.41) is 3.59. The van der Waals surface area contributed by atoms with E-state index in [4.69, 9.17) is 4.74 Å². The molecule has 1 aliphatic rings. The molecule has 118 valence electrons. The lowest BCUT2D eigenvalue weighted by atomic mass is 10.0. The Bertz CT molecular complexity index is 419. The van der Waals surface area contributed by atoms with Gasteiger partial charge in [0.05, 0.1) is 6.61 Å². The molecule has 0 radical (unpaired) electrons. The third-order valence-corrected chi connectivity index (χ3v) is 4.19. The maximum atomic E-state index is 5.46. The number of methoxy groups -OCH3 is 1. The summed E-state index contributed by atoms with van der Waals surface area (Å²) in [5.41, 5.74) is 3.01. The molecule has 1 aromatic rings. The molecule has 21 heavy (non-hydrogen) atoms. The van der Waals surface area contributed by atoms with E-state index in [1.54, 1.807) is 7.11 Å². The fourth-order valence-corrected chi connectivity index (χ4v) is 3.06. The van der Waals surface area contributed by atoms with Crippen molar-refractivity contribution < 1.29 is 4.74 Å². The largest absolute Gasteiger partial charge is 0.383 e. The predicted octanol–water partition coefficient (Wildman–Crippen LogP) is 2.70. The van der Waals surface area contributed by atoms with Gasteiger partial charge < -0.3 is 10.1 Å². The minimum absolute atomic E-state index is 0.458. The molecule has 0 aromatic heterocycles. The molecule has 0 saturated heterocycles. The molecule has 0 spiro atoms. The summed E-state index contributed by atoms with van der Waals surface area (Å²) in [5.74, 6) is 0.693. The molecule has 3 nitrogen and oxygen atoms in total. The van der Waals surface area contributed by atoms with Crippen LogP contribution >= 0.6 is 0 Å². The molecule has 1 atom stereocenters. The van der Waals surface area contributed by atoms with Crippen molar-refractivity contribution in [3.8, 4) is 0 Å². The molecule has 1 heterocycles. The number of fused-ring (bicyclic) bond motifs is 1. The lowest BCUT2D eigenvalue weighted by Gasteiger charge is -2.31. The SMILES string of the molecule is COCC(CNCC(C)C)N1CCCc2ccccc2C1. The molecule has 1 aromatic carbocycles. The summed E-state index contributed by atoms with van der Waals surface area (Å²) in [6.07, 6.45) is 2.44. The van der Waals surface area contributed by atoms with Crippen molar-refractivity contribution >= 4 is 0 Å². The first-order valence-corrected chi connectivity index (χ1v) is 8.21. The Balaban J connectivity index is 1.99. The molecule has 1 aliphatic heterocycles. The van der Waals surface area contributed by atoms with Gasteiger partial charge in [0.15, 0.2) is 0 Å². The number of nitrogens with zero attached hydrogens (tertiary/aromatic N) is 1. The van der Waals surface area contributed by atoms with Gasteiger partial charge in [0.2, 0.25) is 0 Å². The van der Waals surface area contributed by atoms with Crippen LogP contribution in [0.1, 0.15) is 31.4 Å². The van der Waals surface area contributed by atoms with Crippen LogP contribution in [0, 0.1) is 5.92 Å². The Hall–Kier alpha value is -0.900. The van der Waals surface area contributed by atoms with Crippen molar-refractivity contribution in [1.82, 2.24) is 10.2 Å². The summed E-state index contributed by atoms with van der Waals surface area (Å²) in [4.78, 5) is 2.59. The topological polar surface area (TPSA) is 24.5 Å². The van der Waals surface area contributed by atoms with Crippen LogP contribution in [-0.4, -0.2) is 44.3 Å². The molecule has 0 amide bonds. The Kier molecular flexibility index (Phi) is 6.68. The van der Waals surface area contributed by atoms with Crippen LogP contribution in [0.4, 0.5) is 0 Å². The van der Waals surface area contributed by atoms with E-state index in [2.05, 4.69) is 48.3 Å². The monoisotopic (exact) mass is 290 g/mol. The van der Waals surface area contributed by atoms with Gasteiger partial charge >= 0.3 is 0 Å². The van der Waals surface area contributed by atoms with Crippen LogP contribution in [0.5, 0.6) is 0 Å². The van der Waals surface area contributed by atoms with Gasteiger partial charge in [0, 0.05) is 26.2 Å². The number of hydrogen-bond donors (Lipinski definition) is 1. The second-order valence-corrected chi connectivity index (χ2v) is 6.50. The molecule has 0 bridgehead atoms. The van der Waals surface area contributed by atoms with E-state index in [1.165, 1.54) is 24.0 Å². The van der Waals surface area contributed by atoms with Gasteiger partial charge in [-0.25, -0.2) is 0 Å². The Morgan fingerprint density at radius 1 is 1.19 bits per heavy atom. The van der Waals surface area contributed by atoms with E-state index in [9.17, 15) is 0 Å². The number of nitrogens with one attached hydrogen (secondary N) is 1. The molecule has 0 saturated carbocycles. The third kappa shape index (κ3) is 5.10. The van der Waals surface area contributed by atoms with E-state index in [-0.39, 0.29) is 0 Å². The highest BCUT2D eigenvalue weighted by molar-refractivity contribution is 5.28. The maximum absolute atomic E-state index is 5.46. The molecule has 0 aliphatic carbocycles. The standard InChI is InChI=1S/C18H30N2O/c1-15(2)11-19-12-18(14-21-3)20-10-6-9-16-7-4-5-8-17(16)13-20/h4-5,7-8,15,18-19H,6,9-14H2,1-3H3. The van der Waals surface area contributed by atoms with Crippen molar-refractivity contribution in [2.24, 2.45) is 5.92 Å². The summed E-state index contributed by atoms with van der Waals surface area (Å²) < 4.78 is 5.46. The number of ether oxygens (including phenoxy) is 1. The normalized spacial score (nSPS) is 17.5. The van der Waals surface area contributed by atoms with Gasteiger partial charge in [-0.2, -0.15) is 0 Å². The van der Waals surface area contributed by atoms with Gasteiger partial charge in [0.25, 0.3) is 0 Å². The molecule has 3 heteroatoms. The lowest BCUT2D eigenvalue weighted by Crippen LogP contribution is -2.45. The van der Waals surface area contributed by atoms with Crippen LogP contribution in [0.25, 0.3) is 0 Å². The van der Waals surface area contributed by atoms with Crippen LogP contribution in [0.15, 0.2) is 24.3 Å². The first-order chi connectivity index (χ1) is 10.2. The van der Waals surface area contributed by atoms with Gasteiger partial charge in [-0.3, -0.25) is 4.90 Å². The van der Waals surface area contributed by atoms with E-state index >= 15 is 0 Å². The number of benzene rings is 1. The summed E-state index contributed by atoms with van der Waals surface area (Å²) in [7, 11) is 1.81. The molecule has 1 unspecified atom stereocenters. The van der Waals surface area contributed by atoms with Crippen molar-refractivity contribution in [3.05, 3.63) is 35.4 Å². The Morgan fingerprint density at radius 2 is 1.95 bits per heavy atom. The van der Waals surface area contributed by atoms with Crippen LogP contribution in [0.2, 0.25) is 0 Å². The first-order valence-electron chi connectivity index (χ1n) is 8.21. The first kappa shape index (κ1) is 16.5. The van der Waals surface area contributed by atoms with Crippen LogP contribution in [-0.2, 0) is 17.7 Å². The molecule has 0 fully saturated rings. The molecular formula is C18H30N2O. The van der Waals surface area contributed by atoms with Gasteiger partial charge in [-0.15, -0.1) is 0 Å². The average molecular weight is 290 g/mol. The predicted molar refractivity (Wildman–Crippen MR) is 88.5 cm³/mol. The quantitative estimate of drug-likeness (QED) is 0.835. The molecular weight excluding hydrogens is 260 g/mol. The van der Waals surface area contributed by atoms with Gasteiger partial charge in [0.1, 0.15) is 0 Å². The number of aryl methyl sites for hydroxylation is 1. The Labute approximate surface area is 129 Å². The lowest BCUT2D eigenvalue weighted by molar-refractivity contribution is 0.0848. The van der Waals surface area contributed by atoms with Crippen molar-refractivity contribution in [2.75, 3.05) is 33.4 Å². The van der Waals surface area contributed by atoms with E-state index in [0.717, 1.165) is 32.8 Å². The smallest absolute Gasteiger partial charge is 0.0630 e. The zero-order chi connectivity index (χ0) is 15.1. The van der Waals surface area contributed by atoms with Crippen LogP contribution < -0.4 is 5.32 Å². The highest BCUT2D eigenvalue weighted by Crippen LogP contribution is 2.20. The fourth-order valence-electron chi connectivity index (χ4n) is 3.06. The van der Waals surface area contributed by atoms with E-state index in [1.807, 2.05) is 0 Å². The van der Waals surface area contributed by atoms with Crippen LogP contribution in [0.3, 0.4) is 0 Å². The summed E-state index contributed by atoms with van der Waals surface area (Å²) in [6.45, 7) is 9.59.